The van der Waals surface area contributed by atoms with Gasteiger partial charge in [-0.1, -0.05) is 57.4 Å². The quantitative estimate of drug-likeness (QED) is 0.529. The second-order valence-corrected chi connectivity index (χ2v) is 7.89. The van der Waals surface area contributed by atoms with Gasteiger partial charge in [0.2, 0.25) is 5.91 Å². The van der Waals surface area contributed by atoms with E-state index in [2.05, 4.69) is 24.0 Å². The average Bonchev–Trinajstić information content (AvgIpc) is 3.42. The fourth-order valence-corrected chi connectivity index (χ4v) is 4.61. The highest BCUT2D eigenvalue weighted by molar-refractivity contribution is 7.22. The minimum absolute atomic E-state index is 0.0879. The maximum absolute atomic E-state index is 13.3. The molecule has 0 N–H and O–H groups in total. The zero-order valence-corrected chi connectivity index (χ0v) is 17.8. The van der Waals surface area contributed by atoms with Gasteiger partial charge in [0.05, 0.1) is 23.0 Å². The van der Waals surface area contributed by atoms with Crippen LogP contribution in [0.15, 0.2) is 35.2 Å². The third-order valence-electron chi connectivity index (χ3n) is 5.10. The third-order valence-corrected chi connectivity index (χ3v) is 6.14. The van der Waals surface area contributed by atoms with Gasteiger partial charge in [-0.2, -0.15) is 0 Å². The molecule has 1 amide bonds. The molecular weight excluding hydrogens is 370 g/mol. The highest BCUT2D eigenvalue weighted by Gasteiger charge is 2.29. The van der Waals surface area contributed by atoms with Crippen LogP contribution >= 0.6 is 11.3 Å². The van der Waals surface area contributed by atoms with Crippen molar-refractivity contribution in [1.29, 1.82) is 0 Å². The maximum atomic E-state index is 13.3. The molecule has 1 aliphatic carbocycles. The molecule has 0 radical (unpaired) electrons. The summed E-state index contributed by atoms with van der Waals surface area (Å²) < 4.78 is 6.53. The normalized spacial score (nSPS) is 14.5. The van der Waals surface area contributed by atoms with Crippen LogP contribution in [0.4, 0.5) is 5.13 Å². The van der Waals surface area contributed by atoms with Gasteiger partial charge in [0, 0.05) is 5.92 Å². The first-order chi connectivity index (χ1) is 13.7. The lowest BCUT2D eigenvalue weighted by Crippen LogP contribution is -2.36. The number of nitrogens with zero attached hydrogens (tertiary/aromatic N) is 3. The Hall–Kier alpha value is -2.21. The Balaban J connectivity index is 0.00000109. The Morgan fingerprint density at radius 2 is 2.04 bits per heavy atom. The van der Waals surface area contributed by atoms with Gasteiger partial charge in [-0.25, -0.2) is 9.97 Å². The van der Waals surface area contributed by atoms with E-state index in [4.69, 9.17) is 9.40 Å². The number of amides is 1. The summed E-state index contributed by atoms with van der Waals surface area (Å²) in [6.07, 6.45) is 9.50. The Morgan fingerprint density at radius 3 is 2.71 bits per heavy atom. The third kappa shape index (κ3) is 4.61. The van der Waals surface area contributed by atoms with Gasteiger partial charge in [-0.05, 0) is 37.0 Å². The first kappa shape index (κ1) is 20.5. The van der Waals surface area contributed by atoms with E-state index < -0.39 is 0 Å². The minimum atomic E-state index is 0.0879. The van der Waals surface area contributed by atoms with Crippen molar-refractivity contribution in [2.75, 3.05) is 4.90 Å². The van der Waals surface area contributed by atoms with Crippen LogP contribution in [0.3, 0.4) is 0 Å². The number of oxazole rings is 1. The number of aromatic nitrogens is 2. The molecular formula is C22H29N3O2S. The van der Waals surface area contributed by atoms with Gasteiger partial charge in [-0.15, -0.1) is 0 Å². The van der Waals surface area contributed by atoms with Crippen molar-refractivity contribution in [2.24, 2.45) is 5.92 Å². The molecule has 1 aliphatic rings. The van der Waals surface area contributed by atoms with Gasteiger partial charge in [-0.3, -0.25) is 9.69 Å². The fraction of sp³-hybridized carbons (Fsp3) is 0.500. The molecule has 2 aromatic heterocycles. The summed E-state index contributed by atoms with van der Waals surface area (Å²) in [5, 5.41) is 0.750. The molecule has 3 aromatic rings. The van der Waals surface area contributed by atoms with Crippen LogP contribution in [0.1, 0.15) is 64.2 Å². The predicted molar refractivity (Wildman–Crippen MR) is 115 cm³/mol. The highest BCUT2D eigenvalue weighted by atomic mass is 32.1. The van der Waals surface area contributed by atoms with E-state index in [1.165, 1.54) is 18.4 Å². The van der Waals surface area contributed by atoms with Crippen molar-refractivity contribution < 1.29 is 9.21 Å². The van der Waals surface area contributed by atoms with Crippen molar-refractivity contribution in [3.63, 3.8) is 0 Å². The number of fused-ring (bicyclic) bond motifs is 1. The number of benzene rings is 1. The van der Waals surface area contributed by atoms with Crippen LogP contribution in [-0.2, 0) is 17.8 Å². The standard InChI is InChI=1S/C20H23N3O2S.C2H6/c1-2-14-8-9-17-18(10-14)26-20(22-17)23(12-16-11-21-13-25-16)19(24)15-6-4-3-5-7-15;1-2/h8-11,13,15H,2-7,12H2,1H3;1-2H3. The Labute approximate surface area is 170 Å². The first-order valence-electron chi connectivity index (χ1n) is 10.3. The van der Waals surface area contributed by atoms with E-state index >= 15 is 0 Å². The lowest BCUT2D eigenvalue weighted by atomic mass is 9.88. The number of anilines is 1. The predicted octanol–water partition coefficient (Wildman–Crippen LogP) is 5.99. The summed E-state index contributed by atoms with van der Waals surface area (Å²) in [5.41, 5.74) is 2.23. The highest BCUT2D eigenvalue weighted by Crippen LogP contribution is 2.34. The molecule has 5 nitrogen and oxygen atoms in total. The molecule has 28 heavy (non-hydrogen) atoms. The van der Waals surface area contributed by atoms with Crippen LogP contribution in [-0.4, -0.2) is 15.9 Å². The number of carbonyl (C=O) groups excluding carboxylic acids is 1. The lowest BCUT2D eigenvalue weighted by Gasteiger charge is -2.27. The molecule has 150 valence electrons. The van der Waals surface area contributed by atoms with Gasteiger partial charge >= 0.3 is 0 Å². The van der Waals surface area contributed by atoms with Crippen LogP contribution in [0, 0.1) is 5.92 Å². The van der Waals surface area contributed by atoms with Crippen molar-refractivity contribution in [3.8, 4) is 0 Å². The van der Waals surface area contributed by atoms with Crippen molar-refractivity contribution >= 4 is 32.6 Å². The molecule has 0 unspecified atom stereocenters. The zero-order valence-electron chi connectivity index (χ0n) is 17.0. The summed E-state index contributed by atoms with van der Waals surface area (Å²) >= 11 is 1.58. The number of rotatable bonds is 5. The molecule has 0 aliphatic heterocycles. The summed E-state index contributed by atoms with van der Waals surface area (Å²) in [7, 11) is 0. The molecule has 2 heterocycles. The van der Waals surface area contributed by atoms with Gasteiger partial charge < -0.3 is 4.42 Å². The molecule has 1 aromatic carbocycles. The lowest BCUT2D eigenvalue weighted by molar-refractivity contribution is -0.123. The summed E-state index contributed by atoms with van der Waals surface area (Å²) in [6.45, 7) is 6.53. The smallest absolute Gasteiger partial charge is 0.232 e. The second kappa shape index (κ2) is 9.82. The molecule has 4 rings (SSSR count). The topological polar surface area (TPSA) is 59.2 Å². The number of aryl methyl sites for hydroxylation is 1. The average molecular weight is 400 g/mol. The second-order valence-electron chi connectivity index (χ2n) is 6.88. The number of hydrogen-bond donors (Lipinski definition) is 0. The van der Waals surface area contributed by atoms with Gasteiger partial charge in [0.1, 0.15) is 5.76 Å². The Kier molecular flexibility index (Phi) is 7.20. The number of carbonyl (C=O) groups is 1. The molecule has 0 bridgehead atoms. The first-order valence-corrected chi connectivity index (χ1v) is 11.1. The fourth-order valence-electron chi connectivity index (χ4n) is 3.58. The van der Waals surface area contributed by atoms with E-state index in [9.17, 15) is 4.79 Å². The van der Waals surface area contributed by atoms with Gasteiger partial charge in [0.15, 0.2) is 11.5 Å². The molecule has 0 atom stereocenters. The van der Waals surface area contributed by atoms with Gasteiger partial charge in [0.25, 0.3) is 0 Å². The van der Waals surface area contributed by atoms with Crippen LogP contribution in [0.2, 0.25) is 0 Å². The van der Waals surface area contributed by atoms with Crippen LogP contribution in [0.5, 0.6) is 0 Å². The van der Waals surface area contributed by atoms with E-state index in [-0.39, 0.29) is 11.8 Å². The summed E-state index contributed by atoms with van der Waals surface area (Å²) in [4.78, 5) is 23.8. The molecule has 0 saturated heterocycles. The van der Waals surface area contributed by atoms with Crippen LogP contribution < -0.4 is 4.90 Å². The van der Waals surface area contributed by atoms with E-state index in [0.29, 0.717) is 12.3 Å². The van der Waals surface area contributed by atoms with E-state index in [1.54, 1.807) is 22.4 Å². The molecule has 1 fully saturated rings. The van der Waals surface area contributed by atoms with Crippen molar-refractivity contribution in [2.45, 2.75) is 65.8 Å². The SMILES string of the molecule is CC.CCc1ccc2nc(N(Cc3cnco3)C(=O)C3CCCCC3)sc2c1. The molecule has 6 heteroatoms. The summed E-state index contributed by atoms with van der Waals surface area (Å²) in [5.74, 6) is 0.934. The minimum Gasteiger partial charge on any atom is -0.447 e. The zero-order chi connectivity index (χ0) is 19.9. The Bertz CT molecular complexity index is 882. The van der Waals surface area contributed by atoms with Crippen molar-refractivity contribution in [3.05, 3.63) is 42.1 Å². The maximum Gasteiger partial charge on any atom is 0.232 e. The molecule has 1 saturated carbocycles. The van der Waals surface area contributed by atoms with Crippen LogP contribution in [0.25, 0.3) is 10.2 Å². The number of thiazole rings is 1. The Morgan fingerprint density at radius 1 is 1.25 bits per heavy atom. The largest absolute Gasteiger partial charge is 0.447 e. The molecule has 0 spiro atoms. The monoisotopic (exact) mass is 399 g/mol. The van der Waals surface area contributed by atoms with E-state index in [1.807, 2.05) is 19.9 Å². The van der Waals surface area contributed by atoms with Crippen molar-refractivity contribution in [1.82, 2.24) is 9.97 Å². The van der Waals surface area contributed by atoms with E-state index in [0.717, 1.165) is 47.5 Å². The number of hydrogen-bond acceptors (Lipinski definition) is 5. The summed E-state index contributed by atoms with van der Waals surface area (Å²) in [6, 6.07) is 6.33.